The molecule has 25 heavy (non-hydrogen) atoms. The number of urea groups is 1. The maximum Gasteiger partial charge on any atom is 0.391 e. The number of carbonyl (C=O) groups is 1. The highest BCUT2D eigenvalue weighted by Crippen LogP contribution is 2.34. The highest BCUT2D eigenvalue weighted by atomic mass is 19.4. The van der Waals surface area contributed by atoms with Gasteiger partial charge in [-0.1, -0.05) is 6.07 Å². The molecule has 0 radical (unpaired) electrons. The number of halogens is 3. The van der Waals surface area contributed by atoms with Crippen LogP contribution in [0.4, 0.5) is 23.8 Å². The number of nitrogens with zero attached hydrogens (tertiary/aromatic N) is 4. The summed E-state index contributed by atoms with van der Waals surface area (Å²) < 4.78 is 39.7. The molecule has 134 valence electrons. The summed E-state index contributed by atoms with van der Waals surface area (Å²) >= 11 is 0. The van der Waals surface area contributed by atoms with E-state index in [1.165, 1.54) is 4.90 Å². The van der Waals surface area contributed by atoms with Crippen LogP contribution in [-0.2, 0) is 6.54 Å². The second-order valence-corrected chi connectivity index (χ2v) is 5.93. The number of carbonyl (C=O) groups excluding carboxylic acids is 1. The monoisotopic (exact) mass is 353 g/mol. The molecule has 2 amide bonds. The number of pyridine rings is 1. The SMILES string of the molecule is O=C(Nc1ccnn1Cc1ccccn1)N1CCC(C(F)(F)F)CC1. The molecule has 0 aromatic carbocycles. The molecule has 3 heterocycles. The minimum atomic E-state index is -4.19. The largest absolute Gasteiger partial charge is 0.391 e. The molecule has 0 spiro atoms. The van der Waals surface area contributed by atoms with Gasteiger partial charge in [0, 0.05) is 25.4 Å². The van der Waals surface area contributed by atoms with Crippen molar-refractivity contribution in [2.24, 2.45) is 5.92 Å². The smallest absolute Gasteiger partial charge is 0.324 e. The molecule has 0 unspecified atom stereocenters. The summed E-state index contributed by atoms with van der Waals surface area (Å²) in [6.07, 6.45) is -1.10. The van der Waals surface area contributed by atoms with E-state index in [0.29, 0.717) is 12.4 Å². The molecule has 1 aliphatic heterocycles. The van der Waals surface area contributed by atoms with E-state index in [1.807, 2.05) is 12.1 Å². The predicted molar refractivity (Wildman–Crippen MR) is 84.9 cm³/mol. The molecule has 2 aromatic rings. The number of piperidine rings is 1. The average Bonchev–Trinajstić information content (AvgIpc) is 3.02. The number of hydrogen-bond acceptors (Lipinski definition) is 3. The lowest BCUT2D eigenvalue weighted by molar-refractivity contribution is -0.183. The molecule has 0 atom stereocenters. The Balaban J connectivity index is 1.58. The fourth-order valence-corrected chi connectivity index (χ4v) is 2.81. The van der Waals surface area contributed by atoms with E-state index in [-0.39, 0.29) is 25.9 Å². The highest BCUT2D eigenvalue weighted by Gasteiger charge is 2.41. The highest BCUT2D eigenvalue weighted by molar-refractivity contribution is 5.88. The van der Waals surface area contributed by atoms with Crippen LogP contribution in [0, 0.1) is 5.92 Å². The molecular weight excluding hydrogens is 335 g/mol. The van der Waals surface area contributed by atoms with Gasteiger partial charge in [0.2, 0.25) is 0 Å². The second-order valence-electron chi connectivity index (χ2n) is 5.93. The van der Waals surface area contributed by atoms with Gasteiger partial charge in [-0.25, -0.2) is 9.48 Å². The Bertz CT molecular complexity index is 708. The summed E-state index contributed by atoms with van der Waals surface area (Å²) in [6, 6.07) is 6.73. The van der Waals surface area contributed by atoms with E-state index in [9.17, 15) is 18.0 Å². The van der Waals surface area contributed by atoms with Crippen molar-refractivity contribution in [3.05, 3.63) is 42.4 Å². The molecule has 1 aliphatic rings. The van der Waals surface area contributed by atoms with E-state index >= 15 is 0 Å². The zero-order valence-corrected chi connectivity index (χ0v) is 13.4. The first kappa shape index (κ1) is 17.2. The van der Waals surface area contributed by atoms with Crippen LogP contribution in [0.1, 0.15) is 18.5 Å². The van der Waals surface area contributed by atoms with Crippen LogP contribution in [0.5, 0.6) is 0 Å². The van der Waals surface area contributed by atoms with Crippen molar-refractivity contribution in [1.82, 2.24) is 19.7 Å². The first-order chi connectivity index (χ1) is 11.9. The van der Waals surface area contributed by atoms with E-state index in [1.54, 1.807) is 29.2 Å². The van der Waals surface area contributed by atoms with Gasteiger partial charge in [0.25, 0.3) is 0 Å². The van der Waals surface area contributed by atoms with Gasteiger partial charge in [-0.15, -0.1) is 0 Å². The van der Waals surface area contributed by atoms with Crippen molar-refractivity contribution in [1.29, 1.82) is 0 Å². The molecule has 0 saturated carbocycles. The number of amides is 2. The molecule has 3 rings (SSSR count). The number of nitrogens with one attached hydrogen (secondary N) is 1. The zero-order valence-electron chi connectivity index (χ0n) is 13.4. The third-order valence-corrected chi connectivity index (χ3v) is 4.23. The van der Waals surface area contributed by atoms with Crippen LogP contribution < -0.4 is 5.32 Å². The minimum Gasteiger partial charge on any atom is -0.324 e. The number of alkyl halides is 3. The second kappa shape index (κ2) is 7.12. The number of aromatic nitrogens is 3. The van der Waals surface area contributed by atoms with Gasteiger partial charge in [-0.3, -0.25) is 10.3 Å². The number of hydrogen-bond donors (Lipinski definition) is 1. The molecule has 1 saturated heterocycles. The molecule has 0 bridgehead atoms. The van der Waals surface area contributed by atoms with Gasteiger partial charge >= 0.3 is 12.2 Å². The fraction of sp³-hybridized carbons (Fsp3) is 0.438. The first-order valence-electron chi connectivity index (χ1n) is 7.98. The summed E-state index contributed by atoms with van der Waals surface area (Å²) in [4.78, 5) is 17.9. The Morgan fingerprint density at radius 3 is 2.60 bits per heavy atom. The Morgan fingerprint density at radius 2 is 1.96 bits per heavy atom. The maximum atomic E-state index is 12.7. The minimum absolute atomic E-state index is 0.0654. The summed E-state index contributed by atoms with van der Waals surface area (Å²) in [5.41, 5.74) is 0.785. The van der Waals surface area contributed by atoms with Gasteiger partial charge in [0.15, 0.2) is 0 Å². The van der Waals surface area contributed by atoms with E-state index < -0.39 is 18.1 Å². The Kier molecular flexibility index (Phi) is 4.91. The zero-order chi connectivity index (χ0) is 17.9. The summed E-state index contributed by atoms with van der Waals surface area (Å²) in [5, 5.41) is 6.86. The number of likely N-dealkylation sites (tertiary alicyclic amines) is 1. The molecule has 0 aliphatic carbocycles. The maximum absolute atomic E-state index is 12.7. The summed E-state index contributed by atoms with van der Waals surface area (Å²) in [6.45, 7) is 0.564. The van der Waals surface area contributed by atoms with Gasteiger partial charge in [0.1, 0.15) is 5.82 Å². The number of anilines is 1. The molecule has 2 aromatic heterocycles. The molecule has 6 nitrogen and oxygen atoms in total. The average molecular weight is 353 g/mol. The van der Waals surface area contributed by atoms with Crippen LogP contribution >= 0.6 is 0 Å². The van der Waals surface area contributed by atoms with Crippen LogP contribution in [0.2, 0.25) is 0 Å². The standard InChI is InChI=1S/C16H18F3N5O/c17-16(18,19)12-5-9-23(10-6-12)15(25)22-14-4-8-21-24(14)11-13-3-1-2-7-20-13/h1-4,7-8,12H,5-6,9-11H2,(H,22,25). The summed E-state index contributed by atoms with van der Waals surface area (Å²) in [7, 11) is 0. The normalized spacial score (nSPS) is 16.0. The van der Waals surface area contributed by atoms with Crippen LogP contribution in [-0.4, -0.2) is 45.0 Å². The molecular formula is C16H18F3N5O. The van der Waals surface area contributed by atoms with Crippen LogP contribution in [0.15, 0.2) is 36.7 Å². The van der Waals surface area contributed by atoms with Crippen LogP contribution in [0.3, 0.4) is 0 Å². The molecule has 1 N–H and O–H groups in total. The van der Waals surface area contributed by atoms with Gasteiger partial charge < -0.3 is 4.90 Å². The Hall–Kier alpha value is -2.58. The fourth-order valence-electron chi connectivity index (χ4n) is 2.81. The summed E-state index contributed by atoms with van der Waals surface area (Å²) in [5.74, 6) is -0.847. The van der Waals surface area contributed by atoms with Crippen molar-refractivity contribution < 1.29 is 18.0 Å². The van der Waals surface area contributed by atoms with Crippen LogP contribution in [0.25, 0.3) is 0 Å². The Labute approximate surface area is 142 Å². The first-order valence-corrected chi connectivity index (χ1v) is 7.98. The Morgan fingerprint density at radius 1 is 1.20 bits per heavy atom. The molecule has 1 fully saturated rings. The van der Waals surface area contributed by atoms with Gasteiger partial charge in [-0.05, 0) is 25.0 Å². The lowest BCUT2D eigenvalue weighted by Gasteiger charge is -2.32. The van der Waals surface area contributed by atoms with Crippen molar-refractivity contribution in [2.75, 3.05) is 18.4 Å². The molecule has 9 heteroatoms. The van der Waals surface area contributed by atoms with Crippen molar-refractivity contribution >= 4 is 11.8 Å². The number of rotatable bonds is 3. The van der Waals surface area contributed by atoms with E-state index in [2.05, 4.69) is 15.4 Å². The predicted octanol–water partition coefficient (Wildman–Crippen LogP) is 3.13. The lowest BCUT2D eigenvalue weighted by atomic mass is 9.96. The topological polar surface area (TPSA) is 63.1 Å². The quantitative estimate of drug-likeness (QED) is 0.922. The van der Waals surface area contributed by atoms with Gasteiger partial charge in [0.05, 0.1) is 24.4 Å². The van der Waals surface area contributed by atoms with Crippen molar-refractivity contribution in [3.63, 3.8) is 0 Å². The van der Waals surface area contributed by atoms with Crippen molar-refractivity contribution in [2.45, 2.75) is 25.6 Å². The third kappa shape index (κ3) is 4.28. The lowest BCUT2D eigenvalue weighted by Crippen LogP contribution is -2.44. The van der Waals surface area contributed by atoms with Crippen molar-refractivity contribution in [3.8, 4) is 0 Å². The van der Waals surface area contributed by atoms with E-state index in [4.69, 9.17) is 0 Å². The third-order valence-electron chi connectivity index (χ3n) is 4.23. The van der Waals surface area contributed by atoms with Gasteiger partial charge in [-0.2, -0.15) is 18.3 Å². The van der Waals surface area contributed by atoms with E-state index in [0.717, 1.165) is 5.69 Å².